The number of alkyl carbamates (subject to hydrolysis) is 1. The van der Waals surface area contributed by atoms with E-state index in [4.69, 9.17) is 0 Å². The first kappa shape index (κ1) is 26.1. The van der Waals surface area contributed by atoms with Gasteiger partial charge in [-0.15, -0.1) is 0 Å². The van der Waals surface area contributed by atoms with E-state index in [2.05, 4.69) is 9.47 Å². The Labute approximate surface area is 153 Å². The van der Waals surface area contributed by atoms with Crippen molar-refractivity contribution in [3.8, 4) is 0 Å². The fourth-order valence-corrected chi connectivity index (χ4v) is 1.88. The van der Waals surface area contributed by atoms with Gasteiger partial charge in [-0.2, -0.15) is 39.5 Å². The molecule has 0 aliphatic rings. The van der Waals surface area contributed by atoms with Gasteiger partial charge < -0.3 is 14.8 Å². The third kappa shape index (κ3) is 5.34. The Morgan fingerprint density at radius 3 is 1.57 bits per heavy atom. The van der Waals surface area contributed by atoms with E-state index in [-0.39, 0.29) is 0 Å². The largest absolute Gasteiger partial charge is 0.467 e. The Bertz CT molecular complexity index is 599. The van der Waals surface area contributed by atoms with E-state index >= 15 is 0 Å². The van der Waals surface area contributed by atoms with E-state index in [0.717, 1.165) is 0 Å². The van der Waals surface area contributed by atoms with Crippen molar-refractivity contribution in [1.82, 2.24) is 5.32 Å². The number of ether oxygens (including phenoxy) is 2. The predicted octanol–water partition coefficient (Wildman–Crippen LogP) is 4.30. The lowest BCUT2D eigenvalue weighted by molar-refractivity contribution is -0.397. The molecule has 0 aromatic carbocycles. The summed E-state index contributed by atoms with van der Waals surface area (Å²) in [5, 5.41) is 1.44. The molecule has 0 bridgehead atoms. The average molecular weight is 435 g/mol. The van der Waals surface area contributed by atoms with Gasteiger partial charge in [0.25, 0.3) is 0 Å². The Balaban J connectivity index is 5.99. The number of rotatable bonds is 6. The Kier molecular flexibility index (Phi) is 7.00. The molecule has 1 unspecified atom stereocenters. The molecule has 0 fully saturated rings. The van der Waals surface area contributed by atoms with Crippen molar-refractivity contribution in [3.05, 3.63) is 0 Å². The van der Waals surface area contributed by atoms with Gasteiger partial charge in [0.1, 0.15) is 11.1 Å². The van der Waals surface area contributed by atoms with Gasteiger partial charge in [0, 0.05) is 0 Å². The van der Waals surface area contributed by atoms with Gasteiger partial charge in [-0.25, -0.2) is 9.59 Å². The van der Waals surface area contributed by atoms with Crippen LogP contribution in [0.4, 0.5) is 44.3 Å². The van der Waals surface area contributed by atoms with Crippen molar-refractivity contribution in [2.45, 2.75) is 69.2 Å². The number of amides is 1. The number of carbonyl (C=O) groups is 2. The van der Waals surface area contributed by atoms with Gasteiger partial charge in [-0.1, -0.05) is 0 Å². The first-order valence-electron chi connectivity index (χ1n) is 7.34. The van der Waals surface area contributed by atoms with E-state index in [1.54, 1.807) is 0 Å². The zero-order valence-corrected chi connectivity index (χ0v) is 15.2. The Morgan fingerprint density at radius 2 is 1.25 bits per heavy atom. The minimum absolute atomic E-state index is 0.373. The Hall–Kier alpha value is -1.89. The highest BCUT2D eigenvalue weighted by Crippen LogP contribution is 2.55. The van der Waals surface area contributed by atoms with Crippen LogP contribution in [0.1, 0.15) is 34.1 Å². The van der Waals surface area contributed by atoms with E-state index in [9.17, 15) is 49.1 Å². The highest BCUT2D eigenvalue weighted by molar-refractivity contribution is 5.85. The molecule has 0 spiro atoms. The minimum atomic E-state index is -7.13. The average Bonchev–Trinajstić information content (AvgIpc) is 2.41. The summed E-state index contributed by atoms with van der Waals surface area (Å²) in [7, 11) is 0.581. The van der Waals surface area contributed by atoms with Crippen LogP contribution in [0, 0.1) is 0 Å². The second-order valence-electron chi connectivity index (χ2n) is 6.98. The SMILES string of the molecule is COC(=O)C(C)(CC(F)(F)C(F)(F)C(F)(F)C(F)(F)F)NC(=O)OC(C)(C)C. The lowest BCUT2D eigenvalue weighted by Crippen LogP contribution is -2.65. The molecular weight excluding hydrogens is 417 g/mol. The van der Waals surface area contributed by atoms with Gasteiger partial charge in [-0.05, 0) is 27.7 Å². The molecule has 1 N–H and O–H groups in total. The van der Waals surface area contributed by atoms with Crippen LogP contribution >= 0.6 is 0 Å². The van der Waals surface area contributed by atoms with Gasteiger partial charge in [0.05, 0.1) is 13.5 Å². The van der Waals surface area contributed by atoms with E-state index < -0.39 is 53.6 Å². The molecule has 0 heterocycles. The molecule has 14 heteroatoms. The number of nitrogens with one attached hydrogen (secondary N) is 1. The smallest absolute Gasteiger partial charge is 0.460 e. The first-order valence-corrected chi connectivity index (χ1v) is 7.34. The highest BCUT2D eigenvalue weighted by Gasteiger charge is 2.82. The van der Waals surface area contributed by atoms with Crippen LogP contribution in [0.5, 0.6) is 0 Å². The lowest BCUT2D eigenvalue weighted by atomic mass is 9.88. The summed E-state index contributed by atoms with van der Waals surface area (Å²) in [4.78, 5) is 23.4. The number of hydrogen-bond donors (Lipinski definition) is 1. The summed E-state index contributed by atoms with van der Waals surface area (Å²) in [5.41, 5.74) is -4.39. The van der Waals surface area contributed by atoms with Crippen LogP contribution in [-0.4, -0.2) is 54.3 Å². The summed E-state index contributed by atoms with van der Waals surface area (Å²) in [6.45, 7) is 4.27. The molecule has 0 aliphatic heterocycles. The van der Waals surface area contributed by atoms with E-state index in [1.165, 1.54) is 26.1 Å². The third-order valence-corrected chi connectivity index (χ3v) is 3.20. The molecule has 0 aromatic rings. The zero-order chi connectivity index (χ0) is 23.0. The van der Waals surface area contributed by atoms with Crippen molar-refractivity contribution in [2.24, 2.45) is 0 Å². The van der Waals surface area contributed by atoms with Crippen molar-refractivity contribution in [2.75, 3.05) is 7.11 Å². The molecule has 0 aliphatic carbocycles. The molecular formula is C14H18F9NO4. The first-order chi connectivity index (χ1) is 12.0. The molecule has 0 rings (SSSR count). The summed E-state index contributed by atoms with van der Waals surface area (Å²) in [6.07, 6.45) is -11.3. The number of esters is 1. The van der Waals surface area contributed by atoms with Crippen LogP contribution in [0.25, 0.3) is 0 Å². The van der Waals surface area contributed by atoms with Gasteiger partial charge in [0.15, 0.2) is 0 Å². The second kappa shape index (κ2) is 7.50. The fraction of sp³-hybridized carbons (Fsp3) is 0.857. The van der Waals surface area contributed by atoms with Crippen LogP contribution in [0.3, 0.4) is 0 Å². The molecule has 166 valence electrons. The van der Waals surface area contributed by atoms with Gasteiger partial charge in [-0.3, -0.25) is 0 Å². The maximum absolute atomic E-state index is 13.9. The number of halogens is 9. The molecule has 1 amide bonds. The van der Waals surface area contributed by atoms with Crippen molar-refractivity contribution in [3.63, 3.8) is 0 Å². The van der Waals surface area contributed by atoms with Crippen molar-refractivity contribution >= 4 is 12.1 Å². The summed E-state index contributed by atoms with van der Waals surface area (Å²) < 4.78 is 126. The molecule has 0 radical (unpaired) electrons. The van der Waals surface area contributed by atoms with Crippen LogP contribution < -0.4 is 5.32 Å². The van der Waals surface area contributed by atoms with Crippen molar-refractivity contribution in [1.29, 1.82) is 0 Å². The van der Waals surface area contributed by atoms with E-state index in [1.807, 2.05) is 0 Å². The number of carbonyl (C=O) groups excluding carboxylic acids is 2. The van der Waals surface area contributed by atoms with Crippen molar-refractivity contribution < 1.29 is 58.6 Å². The number of hydrogen-bond acceptors (Lipinski definition) is 4. The number of methoxy groups -OCH3 is 1. The molecule has 5 nitrogen and oxygen atoms in total. The molecule has 0 saturated carbocycles. The van der Waals surface area contributed by atoms with Crippen LogP contribution in [0.15, 0.2) is 0 Å². The minimum Gasteiger partial charge on any atom is -0.467 e. The molecule has 0 saturated heterocycles. The summed E-state index contributed by atoms with van der Waals surface area (Å²) >= 11 is 0. The fourth-order valence-electron chi connectivity index (χ4n) is 1.88. The molecule has 1 atom stereocenters. The zero-order valence-electron chi connectivity index (χ0n) is 15.2. The summed E-state index contributed by atoms with van der Waals surface area (Å²) in [5.74, 6) is -22.0. The predicted molar refractivity (Wildman–Crippen MR) is 75.3 cm³/mol. The quantitative estimate of drug-likeness (QED) is 0.499. The second-order valence-corrected chi connectivity index (χ2v) is 6.98. The Morgan fingerprint density at radius 1 is 0.821 bits per heavy atom. The van der Waals surface area contributed by atoms with E-state index in [0.29, 0.717) is 14.0 Å². The van der Waals surface area contributed by atoms with Crippen LogP contribution in [-0.2, 0) is 14.3 Å². The van der Waals surface area contributed by atoms with Crippen LogP contribution in [0.2, 0.25) is 0 Å². The monoisotopic (exact) mass is 435 g/mol. The maximum Gasteiger partial charge on any atom is 0.460 e. The molecule has 28 heavy (non-hydrogen) atoms. The molecule has 0 aromatic heterocycles. The third-order valence-electron chi connectivity index (χ3n) is 3.20. The summed E-state index contributed by atoms with van der Waals surface area (Å²) in [6, 6.07) is 0. The highest BCUT2D eigenvalue weighted by atomic mass is 19.4. The topological polar surface area (TPSA) is 64.6 Å². The standard InChI is InChI=1S/C14H18F9NO4/c1-9(2,3)28-8(26)24-10(4,7(25)27-5)6-11(15,16)12(17,18)13(19,20)14(21,22)23/h6H2,1-5H3,(H,24,26). The lowest BCUT2D eigenvalue weighted by Gasteiger charge is -2.38. The maximum atomic E-state index is 13.9. The normalized spacial score (nSPS) is 16.2. The van der Waals surface area contributed by atoms with Gasteiger partial charge in [0.2, 0.25) is 0 Å². The number of alkyl halides is 9. The van der Waals surface area contributed by atoms with Gasteiger partial charge >= 0.3 is 36.0 Å².